The Kier molecular flexibility index (Phi) is 6.81. The van der Waals surface area contributed by atoms with Crippen molar-refractivity contribution in [3.63, 3.8) is 0 Å². The summed E-state index contributed by atoms with van der Waals surface area (Å²) in [7, 11) is 0. The molecule has 0 aromatic heterocycles. The Bertz CT molecular complexity index is 245. The second-order valence-electron chi connectivity index (χ2n) is 3.99. The van der Waals surface area contributed by atoms with Crippen LogP contribution in [0.5, 0.6) is 0 Å². The molecule has 0 aliphatic carbocycles. The lowest BCUT2D eigenvalue weighted by Crippen LogP contribution is -2.18. The summed E-state index contributed by atoms with van der Waals surface area (Å²) in [5.74, 6) is -0.406. The Balaban J connectivity index is 1.98. The molecule has 1 heterocycles. The lowest BCUT2D eigenvalue weighted by atomic mass is 10.2. The molecule has 1 aliphatic heterocycles. The number of hydrogen-bond acceptors (Lipinski definition) is 5. The number of Topliss-reactive ketones (excluding diaryl/α,β-unsaturated/α-hetero) is 1. The first-order chi connectivity index (χ1) is 8.22. The Morgan fingerprint density at radius 3 is 2.82 bits per heavy atom. The van der Waals surface area contributed by atoms with Gasteiger partial charge >= 0.3 is 5.97 Å². The molecule has 1 unspecified atom stereocenters. The minimum absolute atomic E-state index is 0.0548. The molecule has 0 radical (unpaired) electrons. The summed E-state index contributed by atoms with van der Waals surface area (Å²) < 4.78 is 15.3. The maximum absolute atomic E-state index is 11.4. The van der Waals surface area contributed by atoms with Gasteiger partial charge in [-0.25, -0.2) is 0 Å². The molecule has 1 rings (SSSR count). The van der Waals surface area contributed by atoms with Gasteiger partial charge in [0.25, 0.3) is 0 Å². The molecule has 0 bridgehead atoms. The monoisotopic (exact) mass is 244 g/mol. The van der Waals surface area contributed by atoms with E-state index in [1.54, 1.807) is 6.92 Å². The summed E-state index contributed by atoms with van der Waals surface area (Å²) in [5, 5.41) is 0. The molecule has 0 saturated carbocycles. The highest BCUT2D eigenvalue weighted by Crippen LogP contribution is 2.11. The maximum atomic E-state index is 11.4. The van der Waals surface area contributed by atoms with Crippen molar-refractivity contribution in [2.24, 2.45) is 0 Å². The van der Waals surface area contributed by atoms with Gasteiger partial charge in [0, 0.05) is 13.0 Å². The van der Waals surface area contributed by atoms with E-state index in [1.807, 2.05) is 0 Å². The zero-order valence-corrected chi connectivity index (χ0v) is 10.3. The van der Waals surface area contributed by atoms with Crippen molar-refractivity contribution in [2.45, 2.75) is 38.7 Å². The van der Waals surface area contributed by atoms with Crippen molar-refractivity contribution < 1.29 is 23.8 Å². The van der Waals surface area contributed by atoms with Crippen LogP contribution in [-0.4, -0.2) is 44.3 Å². The molecule has 17 heavy (non-hydrogen) atoms. The van der Waals surface area contributed by atoms with Crippen molar-refractivity contribution in [1.82, 2.24) is 0 Å². The Labute approximate surface area is 101 Å². The van der Waals surface area contributed by atoms with Crippen molar-refractivity contribution in [2.75, 3.05) is 26.4 Å². The van der Waals surface area contributed by atoms with E-state index < -0.39 is 0 Å². The van der Waals surface area contributed by atoms with E-state index in [0.29, 0.717) is 13.2 Å². The van der Waals surface area contributed by atoms with Crippen LogP contribution >= 0.6 is 0 Å². The quantitative estimate of drug-likeness (QED) is 0.598. The van der Waals surface area contributed by atoms with Crippen LogP contribution in [0.25, 0.3) is 0 Å². The second kappa shape index (κ2) is 8.20. The minimum Gasteiger partial charge on any atom is -0.466 e. The molecular weight excluding hydrogens is 224 g/mol. The highest BCUT2D eigenvalue weighted by molar-refractivity contribution is 5.83. The standard InChI is InChI=1S/C12H20O5/c1-2-16-12(14)6-5-10(13)8-15-9-11-4-3-7-17-11/h11H,2-9H2,1H3. The molecule has 98 valence electrons. The van der Waals surface area contributed by atoms with Gasteiger partial charge in [-0.3, -0.25) is 9.59 Å². The van der Waals surface area contributed by atoms with Crippen LogP contribution in [0.2, 0.25) is 0 Å². The number of ether oxygens (including phenoxy) is 3. The SMILES string of the molecule is CCOC(=O)CCC(=O)COCC1CCCO1. The third kappa shape index (κ3) is 6.38. The predicted molar refractivity (Wildman–Crippen MR) is 60.7 cm³/mol. The fourth-order valence-electron chi connectivity index (χ4n) is 1.63. The normalized spacial score (nSPS) is 19.2. The number of esters is 1. The molecule has 0 spiro atoms. The van der Waals surface area contributed by atoms with Crippen LogP contribution in [0, 0.1) is 0 Å². The molecule has 5 heteroatoms. The number of ketones is 1. The van der Waals surface area contributed by atoms with Gasteiger partial charge in [-0.15, -0.1) is 0 Å². The van der Waals surface area contributed by atoms with E-state index in [1.165, 1.54) is 0 Å². The first-order valence-corrected chi connectivity index (χ1v) is 6.09. The zero-order chi connectivity index (χ0) is 12.5. The lowest BCUT2D eigenvalue weighted by molar-refractivity contribution is -0.144. The van der Waals surface area contributed by atoms with Gasteiger partial charge < -0.3 is 14.2 Å². The van der Waals surface area contributed by atoms with E-state index in [4.69, 9.17) is 14.2 Å². The first kappa shape index (κ1) is 14.1. The first-order valence-electron chi connectivity index (χ1n) is 6.09. The molecule has 1 aliphatic rings. The summed E-state index contributed by atoms with van der Waals surface area (Å²) in [6, 6.07) is 0. The summed E-state index contributed by atoms with van der Waals surface area (Å²) in [6.45, 7) is 3.39. The Morgan fingerprint density at radius 1 is 1.35 bits per heavy atom. The van der Waals surface area contributed by atoms with Crippen molar-refractivity contribution in [3.05, 3.63) is 0 Å². The van der Waals surface area contributed by atoms with Gasteiger partial charge in [0.2, 0.25) is 0 Å². The maximum Gasteiger partial charge on any atom is 0.306 e. The van der Waals surface area contributed by atoms with Gasteiger partial charge in [-0.2, -0.15) is 0 Å². The van der Waals surface area contributed by atoms with E-state index in [9.17, 15) is 9.59 Å². The lowest BCUT2D eigenvalue weighted by Gasteiger charge is -2.09. The molecule has 1 saturated heterocycles. The van der Waals surface area contributed by atoms with E-state index in [-0.39, 0.29) is 37.3 Å². The fourth-order valence-corrected chi connectivity index (χ4v) is 1.63. The number of hydrogen-bond donors (Lipinski definition) is 0. The largest absolute Gasteiger partial charge is 0.466 e. The number of carbonyl (C=O) groups is 2. The van der Waals surface area contributed by atoms with Gasteiger partial charge in [0.1, 0.15) is 6.61 Å². The van der Waals surface area contributed by atoms with Crippen molar-refractivity contribution in [1.29, 1.82) is 0 Å². The van der Waals surface area contributed by atoms with E-state index in [2.05, 4.69) is 0 Å². The van der Waals surface area contributed by atoms with Gasteiger partial charge in [-0.1, -0.05) is 0 Å². The molecule has 1 fully saturated rings. The van der Waals surface area contributed by atoms with Crippen LogP contribution < -0.4 is 0 Å². The third-order valence-corrected chi connectivity index (χ3v) is 2.50. The fraction of sp³-hybridized carbons (Fsp3) is 0.833. The van der Waals surface area contributed by atoms with Gasteiger partial charge in [0.05, 0.1) is 25.7 Å². The summed E-state index contributed by atoms with van der Waals surface area (Å²) >= 11 is 0. The molecule has 0 aromatic rings. The highest BCUT2D eigenvalue weighted by atomic mass is 16.5. The third-order valence-electron chi connectivity index (χ3n) is 2.50. The summed E-state index contributed by atoms with van der Waals surface area (Å²) in [5.41, 5.74) is 0. The van der Waals surface area contributed by atoms with Crippen LogP contribution in [0.3, 0.4) is 0 Å². The van der Waals surface area contributed by atoms with Crippen molar-refractivity contribution >= 4 is 11.8 Å². The minimum atomic E-state index is -0.333. The Morgan fingerprint density at radius 2 is 2.18 bits per heavy atom. The summed E-state index contributed by atoms with van der Waals surface area (Å²) in [4.78, 5) is 22.3. The zero-order valence-electron chi connectivity index (χ0n) is 10.3. The van der Waals surface area contributed by atoms with Crippen LogP contribution in [-0.2, 0) is 23.8 Å². The average Bonchev–Trinajstić information content (AvgIpc) is 2.80. The van der Waals surface area contributed by atoms with E-state index in [0.717, 1.165) is 19.4 Å². The number of rotatable bonds is 8. The Hall–Kier alpha value is -0.940. The van der Waals surface area contributed by atoms with Gasteiger partial charge in [0.15, 0.2) is 5.78 Å². The van der Waals surface area contributed by atoms with Crippen molar-refractivity contribution in [3.8, 4) is 0 Å². The smallest absolute Gasteiger partial charge is 0.306 e. The van der Waals surface area contributed by atoms with Crippen LogP contribution in [0.1, 0.15) is 32.6 Å². The average molecular weight is 244 g/mol. The molecular formula is C12H20O5. The van der Waals surface area contributed by atoms with Crippen LogP contribution in [0.15, 0.2) is 0 Å². The van der Waals surface area contributed by atoms with E-state index >= 15 is 0 Å². The summed E-state index contributed by atoms with van der Waals surface area (Å²) in [6.07, 6.45) is 2.51. The number of carbonyl (C=O) groups excluding carboxylic acids is 2. The molecule has 0 N–H and O–H groups in total. The molecule has 0 amide bonds. The molecule has 0 aromatic carbocycles. The highest BCUT2D eigenvalue weighted by Gasteiger charge is 2.16. The predicted octanol–water partition coefficient (Wildman–Crippen LogP) is 1.09. The van der Waals surface area contributed by atoms with Gasteiger partial charge in [-0.05, 0) is 19.8 Å². The molecule has 5 nitrogen and oxygen atoms in total. The molecule has 1 atom stereocenters. The second-order valence-corrected chi connectivity index (χ2v) is 3.99. The van der Waals surface area contributed by atoms with Crippen LogP contribution in [0.4, 0.5) is 0 Å². The topological polar surface area (TPSA) is 61.8 Å².